The van der Waals surface area contributed by atoms with Crippen LogP contribution in [0, 0.1) is 30.0 Å². The van der Waals surface area contributed by atoms with Gasteiger partial charge < -0.3 is 14.5 Å². The number of aryl methyl sites for hydroxylation is 1. The molecule has 4 rings (SSSR count). The lowest BCUT2D eigenvalue weighted by Crippen LogP contribution is -2.32. The molecule has 59 heavy (non-hydrogen) atoms. The summed E-state index contributed by atoms with van der Waals surface area (Å²) < 4.78 is 50.1. The fraction of sp³-hybridized carbons (Fsp3) is 0.531. The number of carbonyl (C=O) groups is 1. The zero-order valence-corrected chi connectivity index (χ0v) is 39.4. The lowest BCUT2D eigenvalue weighted by Gasteiger charge is -2.33. The van der Waals surface area contributed by atoms with Crippen molar-refractivity contribution in [3.63, 3.8) is 0 Å². The molecule has 0 N–H and O–H groups in total. The van der Waals surface area contributed by atoms with Gasteiger partial charge in [0.15, 0.2) is 11.6 Å². The van der Waals surface area contributed by atoms with Crippen LogP contribution in [0.3, 0.4) is 0 Å². The Hall–Kier alpha value is -4.20. The first-order valence-electron chi connectivity index (χ1n) is 21.3. The molecular formula is C49H73F3N4O2S. The number of rotatable bonds is 14. The second-order valence-corrected chi connectivity index (χ2v) is 15.1. The Morgan fingerprint density at radius 3 is 2.19 bits per heavy atom. The second kappa shape index (κ2) is 29.1. The number of allylic oxidation sites excluding steroid dienone is 9. The number of likely N-dealkylation sites (tertiary alicyclic amines) is 1. The molecule has 1 aromatic carbocycles. The number of thiophene rings is 1. The SMILES string of the molecule is C=CC(C)=O.C=CC1=CC(=C(/C)N(C)C(CC)CCC(C)CC)/C(=N\C(=C\CC)OC)C(F)=C1c1ccc(F)c2sc(C)c(C#N)c12.CC.CC.CCN1CCC(F)C1. The van der Waals surface area contributed by atoms with E-state index < -0.39 is 17.8 Å². The highest BCUT2D eigenvalue weighted by Gasteiger charge is 2.31. The van der Waals surface area contributed by atoms with E-state index in [0.29, 0.717) is 62.0 Å². The maximum Gasteiger partial charge on any atom is 0.209 e. The van der Waals surface area contributed by atoms with Gasteiger partial charge in [0.25, 0.3) is 0 Å². The summed E-state index contributed by atoms with van der Waals surface area (Å²) in [6, 6.07) is 5.36. The first-order valence-corrected chi connectivity index (χ1v) is 22.1. The van der Waals surface area contributed by atoms with Gasteiger partial charge in [0.2, 0.25) is 5.88 Å². The normalized spacial score (nSPS) is 17.6. The third kappa shape index (κ3) is 15.7. The molecule has 0 amide bonds. The molecule has 2 heterocycles. The molecule has 6 nitrogen and oxygen atoms in total. The maximum absolute atomic E-state index is 17.1. The van der Waals surface area contributed by atoms with Gasteiger partial charge in [0, 0.05) is 53.3 Å². The van der Waals surface area contributed by atoms with Crippen LogP contribution in [0.4, 0.5) is 13.2 Å². The highest BCUT2D eigenvalue weighted by Crippen LogP contribution is 2.44. The van der Waals surface area contributed by atoms with Crippen LogP contribution in [0.2, 0.25) is 0 Å². The number of carbonyl (C=O) groups excluding carboxylic acids is 1. The van der Waals surface area contributed by atoms with Gasteiger partial charge >= 0.3 is 0 Å². The van der Waals surface area contributed by atoms with Gasteiger partial charge in [-0.3, -0.25) is 4.79 Å². The number of halogens is 3. The van der Waals surface area contributed by atoms with Crippen LogP contribution >= 0.6 is 11.3 Å². The highest BCUT2D eigenvalue weighted by molar-refractivity contribution is 7.19. The van der Waals surface area contributed by atoms with Gasteiger partial charge in [-0.1, -0.05) is 94.0 Å². The largest absolute Gasteiger partial charge is 0.481 e. The number of ketones is 1. The van der Waals surface area contributed by atoms with Crippen LogP contribution in [0.5, 0.6) is 0 Å². The van der Waals surface area contributed by atoms with E-state index in [4.69, 9.17) is 9.73 Å². The topological polar surface area (TPSA) is 68.9 Å². The van der Waals surface area contributed by atoms with E-state index in [0.717, 1.165) is 50.9 Å². The van der Waals surface area contributed by atoms with Crippen molar-refractivity contribution in [2.24, 2.45) is 10.9 Å². The minimum absolute atomic E-state index is 0.0185. The lowest BCUT2D eigenvalue weighted by molar-refractivity contribution is -0.112. The average Bonchev–Trinajstić information content (AvgIpc) is 3.84. The molecule has 1 aliphatic carbocycles. The zero-order chi connectivity index (χ0) is 45.4. The number of hydrogen-bond donors (Lipinski definition) is 0. The molecule has 3 unspecified atom stereocenters. The number of nitrogens with zero attached hydrogens (tertiary/aromatic N) is 4. The van der Waals surface area contributed by atoms with Gasteiger partial charge in [-0.25, -0.2) is 18.2 Å². The van der Waals surface area contributed by atoms with Crippen LogP contribution in [0.1, 0.15) is 131 Å². The monoisotopic (exact) mass is 839 g/mol. The van der Waals surface area contributed by atoms with E-state index in [9.17, 15) is 18.8 Å². The molecule has 1 fully saturated rings. The number of ether oxygens (including phenoxy) is 1. The zero-order valence-electron chi connectivity index (χ0n) is 38.6. The molecule has 1 aliphatic heterocycles. The third-order valence-electron chi connectivity index (χ3n) is 10.2. The van der Waals surface area contributed by atoms with Gasteiger partial charge in [-0.2, -0.15) is 5.26 Å². The van der Waals surface area contributed by atoms with Crippen molar-refractivity contribution in [1.82, 2.24) is 9.80 Å². The Balaban J connectivity index is 0.00000166. The number of hydrogen-bond acceptors (Lipinski definition) is 7. The molecule has 0 spiro atoms. The van der Waals surface area contributed by atoms with Crippen molar-refractivity contribution in [3.8, 4) is 6.07 Å². The van der Waals surface area contributed by atoms with Crippen molar-refractivity contribution in [2.45, 2.75) is 134 Å². The predicted molar refractivity (Wildman–Crippen MR) is 249 cm³/mol. The van der Waals surface area contributed by atoms with Gasteiger partial charge in [0.05, 0.1) is 17.4 Å². The number of methoxy groups -OCH3 is 1. The van der Waals surface area contributed by atoms with E-state index in [1.165, 1.54) is 37.5 Å². The van der Waals surface area contributed by atoms with Crippen molar-refractivity contribution in [1.29, 1.82) is 5.26 Å². The molecule has 2 aromatic rings. The van der Waals surface area contributed by atoms with Gasteiger partial charge in [-0.05, 0) is 101 Å². The maximum atomic E-state index is 17.1. The minimum Gasteiger partial charge on any atom is -0.481 e. The van der Waals surface area contributed by atoms with E-state index in [-0.39, 0.29) is 23.1 Å². The van der Waals surface area contributed by atoms with Crippen LogP contribution in [-0.2, 0) is 9.53 Å². The molecule has 2 aliphatic rings. The fourth-order valence-corrected chi connectivity index (χ4v) is 7.49. The summed E-state index contributed by atoms with van der Waals surface area (Å²) in [4.78, 5) is 19.4. The number of fused-ring (bicyclic) bond motifs is 1. The molecule has 10 heteroatoms. The average molecular weight is 839 g/mol. The Morgan fingerprint density at radius 2 is 1.75 bits per heavy atom. The smallest absolute Gasteiger partial charge is 0.209 e. The number of benzene rings is 1. The minimum atomic E-state index is -0.567. The Labute approximate surface area is 359 Å². The Kier molecular flexibility index (Phi) is 27.0. The van der Waals surface area contributed by atoms with Crippen molar-refractivity contribution >= 4 is 38.5 Å². The third-order valence-corrected chi connectivity index (χ3v) is 11.3. The summed E-state index contributed by atoms with van der Waals surface area (Å²) in [6.45, 7) is 33.8. The number of aliphatic imine (C=N–C) groups is 1. The molecule has 1 saturated heterocycles. The van der Waals surface area contributed by atoms with Crippen LogP contribution < -0.4 is 0 Å². The lowest BCUT2D eigenvalue weighted by atomic mass is 9.84. The molecule has 328 valence electrons. The molecule has 0 bridgehead atoms. The molecule has 0 saturated carbocycles. The summed E-state index contributed by atoms with van der Waals surface area (Å²) >= 11 is 1.20. The van der Waals surface area contributed by atoms with Crippen LogP contribution in [-0.4, -0.2) is 67.3 Å². The molecule has 0 radical (unpaired) electrons. The Morgan fingerprint density at radius 1 is 1.12 bits per heavy atom. The van der Waals surface area contributed by atoms with E-state index >= 15 is 4.39 Å². The highest BCUT2D eigenvalue weighted by atomic mass is 32.1. The van der Waals surface area contributed by atoms with Crippen molar-refractivity contribution in [2.75, 3.05) is 33.8 Å². The number of alkyl halides is 1. The van der Waals surface area contributed by atoms with E-state index in [1.54, 1.807) is 25.1 Å². The molecule has 3 atom stereocenters. The molecule has 1 aromatic heterocycles. The summed E-state index contributed by atoms with van der Waals surface area (Å²) in [5, 5.41) is 10.4. The first kappa shape index (κ1) is 54.8. The van der Waals surface area contributed by atoms with Crippen molar-refractivity contribution in [3.05, 3.63) is 100.0 Å². The standard InChI is InChI=1S/C35H43F2N3OS.C6H12FN.C4H6O.2C2H6/c1-10-14-30(41-9)39-34-27(22(6)40(8)25(13-4)16-15-21(5)11-2)19-24(12-3)31(33(34)37)26-17-18-29(36)35-32(26)28(20-38)23(7)42-35;1-2-8-4-3-6(7)5-8;1-3-4(2)5;2*1-2/h12,14,17-19,21,25H,3,10-11,13,15-16H2,1-2,4-9H3;6H,2-5H2,1H3;3H,1H2,2H3;2*1-2H3/b27-22+,30-14-,39-34+;;;;. The summed E-state index contributed by atoms with van der Waals surface area (Å²) in [6.07, 6.45) is 11.7. The van der Waals surface area contributed by atoms with Gasteiger partial charge in [0.1, 0.15) is 23.8 Å². The van der Waals surface area contributed by atoms with Crippen molar-refractivity contribution < 1.29 is 22.7 Å². The summed E-state index contributed by atoms with van der Waals surface area (Å²) in [5.41, 5.74) is 3.22. The van der Waals surface area contributed by atoms with Gasteiger partial charge in [-0.15, -0.1) is 11.3 Å². The number of nitriles is 1. The van der Waals surface area contributed by atoms with E-state index in [1.807, 2.05) is 47.6 Å². The quantitative estimate of drug-likeness (QED) is 0.140. The van der Waals surface area contributed by atoms with Crippen LogP contribution in [0.25, 0.3) is 15.7 Å². The summed E-state index contributed by atoms with van der Waals surface area (Å²) in [5.74, 6) is -0.0423. The second-order valence-electron chi connectivity index (χ2n) is 13.9. The van der Waals surface area contributed by atoms with E-state index in [2.05, 4.69) is 63.8 Å². The fourth-order valence-electron chi connectivity index (χ4n) is 6.46. The Bertz CT molecular complexity index is 1860. The van der Waals surface area contributed by atoms with Crippen LogP contribution in [0.15, 0.2) is 83.1 Å². The first-order chi connectivity index (χ1) is 28.2. The predicted octanol–water partition coefficient (Wildman–Crippen LogP) is 14.0. The summed E-state index contributed by atoms with van der Waals surface area (Å²) in [7, 11) is 3.57. The molecular weight excluding hydrogens is 766 g/mol.